The molecule has 1 amide bonds. The smallest absolute Gasteiger partial charge is 0.245 e. The zero-order valence-corrected chi connectivity index (χ0v) is 13.4. The van der Waals surface area contributed by atoms with Gasteiger partial charge in [0.25, 0.3) is 0 Å². The Labute approximate surface area is 126 Å². The van der Waals surface area contributed by atoms with Crippen LogP contribution in [0.3, 0.4) is 0 Å². The Kier molecular flexibility index (Phi) is 4.39. The first-order valence-corrected chi connectivity index (χ1v) is 7.41. The lowest BCUT2D eigenvalue weighted by molar-refractivity contribution is -0.124. The first-order chi connectivity index (χ1) is 9.70. The van der Waals surface area contributed by atoms with E-state index in [2.05, 4.69) is 31.2 Å². The molecule has 21 heavy (non-hydrogen) atoms. The fourth-order valence-electron chi connectivity index (χ4n) is 2.48. The molecule has 0 bridgehead atoms. The molecule has 1 aliphatic heterocycles. The molecule has 0 atom stereocenters. The normalized spacial score (nSPS) is 18.5. The molecule has 1 fully saturated rings. The Morgan fingerprint density at radius 3 is 2.67 bits per heavy atom. The second-order valence-electron chi connectivity index (χ2n) is 7.10. The summed E-state index contributed by atoms with van der Waals surface area (Å²) in [4.78, 5) is 12.4. The Bertz CT molecular complexity index is 510. The lowest BCUT2D eigenvalue weighted by Gasteiger charge is -2.31. The van der Waals surface area contributed by atoms with Crippen molar-refractivity contribution in [2.24, 2.45) is 18.2 Å². The van der Waals surface area contributed by atoms with Crippen LogP contribution in [0, 0.1) is 5.41 Å². The van der Waals surface area contributed by atoms with E-state index in [1.165, 1.54) is 0 Å². The maximum absolute atomic E-state index is 12.4. The summed E-state index contributed by atoms with van der Waals surface area (Å²) in [5, 5.41) is 7.36. The molecule has 1 aromatic heterocycles. The predicted octanol–water partition coefficient (Wildman–Crippen LogP) is 1.46. The van der Waals surface area contributed by atoms with Gasteiger partial charge in [-0.25, -0.2) is 0 Å². The number of ether oxygens (including phenoxy) is 1. The van der Waals surface area contributed by atoms with E-state index in [9.17, 15) is 4.79 Å². The molecule has 118 valence electrons. The van der Waals surface area contributed by atoms with Crippen molar-refractivity contribution in [2.45, 2.75) is 45.6 Å². The van der Waals surface area contributed by atoms with Crippen LogP contribution in [0.5, 0.6) is 0 Å². The van der Waals surface area contributed by atoms with Crippen LogP contribution in [0.2, 0.25) is 0 Å². The SMILES string of the molecule is Cn1nc(CC(C)(C)C)cc1NC(=O)C1(N)CCOCC1. The molecule has 0 radical (unpaired) electrons. The molecule has 1 aromatic rings. The van der Waals surface area contributed by atoms with E-state index in [0.717, 1.165) is 12.1 Å². The molecule has 2 rings (SSSR count). The first-order valence-electron chi connectivity index (χ1n) is 7.41. The summed E-state index contributed by atoms with van der Waals surface area (Å²) in [5.74, 6) is 0.534. The zero-order chi connectivity index (χ0) is 15.7. The number of nitrogens with zero attached hydrogens (tertiary/aromatic N) is 2. The van der Waals surface area contributed by atoms with Crippen molar-refractivity contribution in [2.75, 3.05) is 18.5 Å². The average Bonchev–Trinajstić information content (AvgIpc) is 2.68. The number of carbonyl (C=O) groups excluding carboxylic acids is 1. The Hall–Kier alpha value is -1.40. The fourth-order valence-corrected chi connectivity index (χ4v) is 2.48. The summed E-state index contributed by atoms with van der Waals surface area (Å²) in [6, 6.07) is 1.92. The summed E-state index contributed by atoms with van der Waals surface area (Å²) >= 11 is 0. The second-order valence-corrected chi connectivity index (χ2v) is 7.10. The quantitative estimate of drug-likeness (QED) is 0.884. The van der Waals surface area contributed by atoms with E-state index < -0.39 is 5.54 Å². The molecule has 6 nitrogen and oxygen atoms in total. The van der Waals surface area contributed by atoms with Gasteiger partial charge in [0.1, 0.15) is 11.4 Å². The van der Waals surface area contributed by atoms with Gasteiger partial charge in [-0.15, -0.1) is 0 Å². The predicted molar refractivity (Wildman–Crippen MR) is 82.0 cm³/mol. The van der Waals surface area contributed by atoms with Crippen LogP contribution in [0.4, 0.5) is 5.82 Å². The highest BCUT2D eigenvalue weighted by Crippen LogP contribution is 2.23. The number of amides is 1. The van der Waals surface area contributed by atoms with Gasteiger partial charge in [-0.3, -0.25) is 9.48 Å². The minimum atomic E-state index is -0.841. The van der Waals surface area contributed by atoms with E-state index in [4.69, 9.17) is 10.5 Å². The van der Waals surface area contributed by atoms with Crippen molar-refractivity contribution in [1.29, 1.82) is 0 Å². The molecule has 0 aliphatic carbocycles. The molecule has 2 heterocycles. The number of carbonyl (C=O) groups is 1. The lowest BCUT2D eigenvalue weighted by atomic mass is 9.90. The number of nitrogens with two attached hydrogens (primary N) is 1. The topological polar surface area (TPSA) is 82.2 Å². The average molecular weight is 294 g/mol. The van der Waals surface area contributed by atoms with Crippen molar-refractivity contribution in [3.63, 3.8) is 0 Å². The van der Waals surface area contributed by atoms with Crippen LogP contribution >= 0.6 is 0 Å². The standard InChI is InChI=1S/C15H26N4O2/c1-14(2,3)10-11-9-12(19(4)18-11)17-13(20)15(16)5-7-21-8-6-15/h9H,5-8,10,16H2,1-4H3,(H,17,20). The summed E-state index contributed by atoms with van der Waals surface area (Å²) in [5.41, 5.74) is 6.48. The highest BCUT2D eigenvalue weighted by molar-refractivity contribution is 5.97. The van der Waals surface area contributed by atoms with E-state index in [1.807, 2.05) is 13.1 Å². The third kappa shape index (κ3) is 4.04. The van der Waals surface area contributed by atoms with Crippen molar-refractivity contribution in [3.05, 3.63) is 11.8 Å². The minimum Gasteiger partial charge on any atom is -0.381 e. The number of hydrogen-bond donors (Lipinski definition) is 2. The first kappa shape index (κ1) is 16.0. The van der Waals surface area contributed by atoms with E-state index in [-0.39, 0.29) is 11.3 Å². The Balaban J connectivity index is 2.07. The van der Waals surface area contributed by atoms with Crippen LogP contribution in [0.1, 0.15) is 39.3 Å². The summed E-state index contributed by atoms with van der Waals surface area (Å²) in [6.07, 6.45) is 1.95. The molecule has 1 aliphatic rings. The van der Waals surface area contributed by atoms with Crippen LogP contribution in [-0.2, 0) is 23.0 Å². The fraction of sp³-hybridized carbons (Fsp3) is 0.733. The number of anilines is 1. The summed E-state index contributed by atoms with van der Waals surface area (Å²) in [7, 11) is 1.83. The number of hydrogen-bond acceptors (Lipinski definition) is 4. The largest absolute Gasteiger partial charge is 0.381 e. The number of aryl methyl sites for hydroxylation is 1. The molecular weight excluding hydrogens is 268 g/mol. The van der Waals surface area contributed by atoms with Gasteiger partial charge < -0.3 is 15.8 Å². The van der Waals surface area contributed by atoms with E-state index in [0.29, 0.717) is 31.9 Å². The van der Waals surface area contributed by atoms with E-state index >= 15 is 0 Å². The molecule has 1 saturated heterocycles. The maximum Gasteiger partial charge on any atom is 0.245 e. The molecular formula is C15H26N4O2. The van der Waals surface area contributed by atoms with Crippen LogP contribution in [0.15, 0.2) is 6.07 Å². The van der Waals surface area contributed by atoms with Gasteiger partial charge in [0, 0.05) is 26.3 Å². The maximum atomic E-state index is 12.4. The van der Waals surface area contributed by atoms with Gasteiger partial charge in [0.2, 0.25) is 5.91 Å². The third-order valence-corrected chi connectivity index (χ3v) is 3.72. The number of rotatable bonds is 3. The van der Waals surface area contributed by atoms with Gasteiger partial charge >= 0.3 is 0 Å². The van der Waals surface area contributed by atoms with Gasteiger partial charge in [-0.1, -0.05) is 20.8 Å². The summed E-state index contributed by atoms with van der Waals surface area (Å²) < 4.78 is 6.97. The third-order valence-electron chi connectivity index (χ3n) is 3.72. The van der Waals surface area contributed by atoms with Crippen molar-refractivity contribution >= 4 is 11.7 Å². The van der Waals surface area contributed by atoms with Crippen LogP contribution in [-0.4, -0.2) is 34.4 Å². The molecule has 0 saturated carbocycles. The van der Waals surface area contributed by atoms with Gasteiger partial charge in [0.15, 0.2) is 0 Å². The molecule has 0 aromatic carbocycles. The molecule has 6 heteroatoms. The zero-order valence-electron chi connectivity index (χ0n) is 13.4. The Morgan fingerprint density at radius 1 is 1.48 bits per heavy atom. The highest BCUT2D eigenvalue weighted by Gasteiger charge is 2.36. The van der Waals surface area contributed by atoms with Crippen molar-refractivity contribution < 1.29 is 9.53 Å². The monoisotopic (exact) mass is 294 g/mol. The Morgan fingerprint density at radius 2 is 2.10 bits per heavy atom. The van der Waals surface area contributed by atoms with Crippen LogP contribution < -0.4 is 11.1 Å². The molecule has 0 unspecified atom stereocenters. The van der Waals surface area contributed by atoms with Gasteiger partial charge in [0.05, 0.1) is 5.69 Å². The van der Waals surface area contributed by atoms with Crippen molar-refractivity contribution in [1.82, 2.24) is 9.78 Å². The minimum absolute atomic E-state index is 0.156. The van der Waals surface area contributed by atoms with Crippen molar-refractivity contribution in [3.8, 4) is 0 Å². The number of aromatic nitrogens is 2. The molecule has 3 N–H and O–H groups in total. The lowest BCUT2D eigenvalue weighted by Crippen LogP contribution is -2.54. The summed E-state index contributed by atoms with van der Waals surface area (Å²) in [6.45, 7) is 7.56. The second kappa shape index (κ2) is 5.77. The highest BCUT2D eigenvalue weighted by atomic mass is 16.5. The van der Waals surface area contributed by atoms with Gasteiger partial charge in [-0.05, 0) is 24.7 Å². The van der Waals surface area contributed by atoms with Gasteiger partial charge in [-0.2, -0.15) is 5.10 Å². The van der Waals surface area contributed by atoms with Crippen LogP contribution in [0.25, 0.3) is 0 Å². The van der Waals surface area contributed by atoms with E-state index in [1.54, 1.807) is 4.68 Å². The molecule has 0 spiro atoms. The number of nitrogens with one attached hydrogen (secondary N) is 1.